The molecule has 2 aromatic carbocycles. The van der Waals surface area contributed by atoms with Crippen molar-refractivity contribution < 1.29 is 14.6 Å². The standard InChI is InChI=1S/C27H27N5O4/c1-36-15-14-30-19-31(24(20-8-4-2-5-9-20)21-10-6-3-7-11-21)32-22(17-29-13-12-28-18-29)16-23(33)26(34)25(32)27(30)35/h2-13,16,18,24,34H,14-15,17,19H2,1H3. The van der Waals surface area contributed by atoms with Gasteiger partial charge in [-0.2, -0.15) is 0 Å². The molecule has 184 valence electrons. The molecule has 1 aliphatic rings. The highest BCUT2D eigenvalue weighted by molar-refractivity contribution is 5.96. The van der Waals surface area contributed by atoms with Gasteiger partial charge < -0.3 is 19.3 Å². The maximum Gasteiger partial charge on any atom is 0.277 e. The number of hydrogen-bond donors (Lipinski definition) is 1. The first-order chi connectivity index (χ1) is 17.6. The first-order valence-electron chi connectivity index (χ1n) is 11.7. The number of aromatic hydroxyl groups is 1. The van der Waals surface area contributed by atoms with Gasteiger partial charge in [-0.15, -0.1) is 0 Å². The SMILES string of the molecule is COCCN1CN(C(c2ccccc2)c2ccccc2)n2c(Cn3ccnc3)cc(=O)c(O)c2C1=O. The molecule has 9 nitrogen and oxygen atoms in total. The van der Waals surface area contributed by atoms with Crippen LogP contribution in [0.25, 0.3) is 0 Å². The minimum absolute atomic E-state index is 0.0585. The maximum atomic E-state index is 13.6. The molecule has 2 aromatic heterocycles. The molecule has 5 rings (SSSR count). The lowest BCUT2D eigenvalue weighted by molar-refractivity contribution is 0.0611. The molecule has 0 saturated heterocycles. The average molecular weight is 486 g/mol. The number of carbonyl (C=O) groups excluding carboxylic acids is 1. The van der Waals surface area contributed by atoms with Gasteiger partial charge in [-0.1, -0.05) is 60.7 Å². The molecule has 0 fully saturated rings. The number of ether oxygens (including phenoxy) is 1. The molecule has 4 aromatic rings. The third kappa shape index (κ3) is 4.36. The minimum Gasteiger partial charge on any atom is -0.502 e. The second-order valence-electron chi connectivity index (χ2n) is 8.61. The van der Waals surface area contributed by atoms with E-state index in [1.54, 1.807) is 35.4 Å². The molecule has 1 aliphatic heterocycles. The van der Waals surface area contributed by atoms with Gasteiger partial charge in [0.2, 0.25) is 5.43 Å². The van der Waals surface area contributed by atoms with Crippen molar-refractivity contribution in [3.63, 3.8) is 0 Å². The summed E-state index contributed by atoms with van der Waals surface area (Å²) in [6, 6.07) is 21.0. The van der Waals surface area contributed by atoms with E-state index in [0.29, 0.717) is 25.4 Å². The summed E-state index contributed by atoms with van der Waals surface area (Å²) in [7, 11) is 1.57. The van der Waals surface area contributed by atoms with Gasteiger partial charge >= 0.3 is 0 Å². The van der Waals surface area contributed by atoms with Gasteiger partial charge in [0.15, 0.2) is 11.4 Å². The van der Waals surface area contributed by atoms with Crippen LogP contribution in [-0.2, 0) is 11.3 Å². The van der Waals surface area contributed by atoms with Crippen molar-refractivity contribution in [1.82, 2.24) is 19.1 Å². The zero-order chi connectivity index (χ0) is 25.1. The molecule has 9 heteroatoms. The van der Waals surface area contributed by atoms with Crippen LogP contribution < -0.4 is 10.4 Å². The van der Waals surface area contributed by atoms with E-state index in [1.165, 1.54) is 6.07 Å². The largest absolute Gasteiger partial charge is 0.502 e. The number of imidazole rings is 1. The molecule has 36 heavy (non-hydrogen) atoms. The van der Waals surface area contributed by atoms with Crippen molar-refractivity contribution in [2.24, 2.45) is 0 Å². The Morgan fingerprint density at radius 1 is 1.03 bits per heavy atom. The van der Waals surface area contributed by atoms with Crippen LogP contribution in [0, 0.1) is 0 Å². The van der Waals surface area contributed by atoms with E-state index < -0.39 is 17.1 Å². The third-order valence-electron chi connectivity index (χ3n) is 6.30. The number of nitrogens with zero attached hydrogens (tertiary/aromatic N) is 5. The molecular formula is C27H27N5O4. The Morgan fingerprint density at radius 2 is 1.69 bits per heavy atom. The maximum absolute atomic E-state index is 13.6. The highest BCUT2D eigenvalue weighted by Crippen LogP contribution is 2.33. The summed E-state index contributed by atoms with van der Waals surface area (Å²) in [5.41, 5.74) is 1.90. The summed E-state index contributed by atoms with van der Waals surface area (Å²) in [6.07, 6.45) is 5.09. The summed E-state index contributed by atoms with van der Waals surface area (Å²) < 4.78 is 8.76. The van der Waals surface area contributed by atoms with Gasteiger partial charge in [0.05, 0.1) is 31.2 Å². The molecule has 0 unspecified atom stereocenters. The number of carbonyl (C=O) groups is 1. The quantitative estimate of drug-likeness (QED) is 0.413. The Bertz CT molecular complexity index is 1350. The van der Waals surface area contributed by atoms with E-state index in [-0.39, 0.29) is 18.4 Å². The molecular weight excluding hydrogens is 458 g/mol. The van der Waals surface area contributed by atoms with Crippen LogP contribution in [0.5, 0.6) is 5.75 Å². The van der Waals surface area contributed by atoms with Crippen LogP contribution >= 0.6 is 0 Å². The molecule has 3 heterocycles. The number of aromatic nitrogens is 3. The summed E-state index contributed by atoms with van der Waals surface area (Å²) >= 11 is 0. The summed E-state index contributed by atoms with van der Waals surface area (Å²) in [5.74, 6) is -0.994. The molecule has 0 atom stereocenters. The Morgan fingerprint density at radius 3 is 2.28 bits per heavy atom. The van der Waals surface area contributed by atoms with Crippen molar-refractivity contribution in [2.45, 2.75) is 12.6 Å². The average Bonchev–Trinajstić information content (AvgIpc) is 3.41. The monoisotopic (exact) mass is 485 g/mol. The number of rotatable bonds is 8. The van der Waals surface area contributed by atoms with Gasteiger partial charge in [0, 0.05) is 32.1 Å². The van der Waals surface area contributed by atoms with E-state index in [1.807, 2.05) is 70.2 Å². The lowest BCUT2D eigenvalue weighted by atomic mass is 9.98. The first kappa shape index (κ1) is 23.4. The predicted molar refractivity (Wildman–Crippen MR) is 134 cm³/mol. The summed E-state index contributed by atoms with van der Waals surface area (Å²) in [4.78, 5) is 32.1. The Kier molecular flexibility index (Phi) is 6.55. The molecule has 0 aliphatic carbocycles. The van der Waals surface area contributed by atoms with Crippen molar-refractivity contribution >= 4 is 5.91 Å². The molecule has 1 amide bonds. The van der Waals surface area contributed by atoms with Crippen LogP contribution in [0.15, 0.2) is 90.2 Å². The van der Waals surface area contributed by atoms with Crippen molar-refractivity contribution in [3.05, 3.63) is 118 Å². The summed E-state index contributed by atoms with van der Waals surface area (Å²) in [6.45, 7) is 1.14. The first-order valence-corrected chi connectivity index (χ1v) is 11.7. The van der Waals surface area contributed by atoms with Crippen LogP contribution in [0.3, 0.4) is 0 Å². The molecule has 0 saturated carbocycles. The summed E-state index contributed by atoms with van der Waals surface area (Å²) in [5, 5.41) is 12.9. The Balaban J connectivity index is 1.75. The zero-order valence-corrected chi connectivity index (χ0v) is 19.9. The predicted octanol–water partition coefficient (Wildman–Crippen LogP) is 2.59. The van der Waals surface area contributed by atoms with Crippen molar-refractivity contribution in [3.8, 4) is 5.75 Å². The van der Waals surface area contributed by atoms with Gasteiger partial charge in [-0.3, -0.25) is 14.6 Å². The van der Waals surface area contributed by atoms with E-state index in [9.17, 15) is 14.7 Å². The smallest absolute Gasteiger partial charge is 0.277 e. The van der Waals surface area contributed by atoms with Crippen LogP contribution in [0.2, 0.25) is 0 Å². The number of methoxy groups -OCH3 is 1. The van der Waals surface area contributed by atoms with Gasteiger partial charge in [-0.25, -0.2) is 9.66 Å². The lowest BCUT2D eigenvalue weighted by Gasteiger charge is -2.45. The lowest BCUT2D eigenvalue weighted by Crippen LogP contribution is -2.57. The van der Waals surface area contributed by atoms with Gasteiger partial charge in [-0.05, 0) is 11.1 Å². The highest BCUT2D eigenvalue weighted by Gasteiger charge is 2.38. The topological polar surface area (TPSA) is 92.8 Å². The van der Waals surface area contributed by atoms with Crippen molar-refractivity contribution in [1.29, 1.82) is 0 Å². The molecule has 0 radical (unpaired) electrons. The van der Waals surface area contributed by atoms with Crippen molar-refractivity contribution in [2.75, 3.05) is 31.9 Å². The van der Waals surface area contributed by atoms with Gasteiger partial charge in [0.25, 0.3) is 5.91 Å². The fourth-order valence-corrected chi connectivity index (χ4v) is 4.64. The molecule has 0 bridgehead atoms. The second kappa shape index (κ2) is 10.1. The molecule has 1 N–H and O–H groups in total. The van der Waals surface area contributed by atoms with Crippen LogP contribution in [0.4, 0.5) is 0 Å². The number of benzene rings is 2. The Labute approximate surface area is 208 Å². The minimum atomic E-state index is -0.603. The highest BCUT2D eigenvalue weighted by atomic mass is 16.5. The normalized spacial score (nSPS) is 13.3. The van der Waals surface area contributed by atoms with E-state index in [2.05, 4.69) is 4.98 Å². The van der Waals surface area contributed by atoms with E-state index in [0.717, 1.165) is 11.1 Å². The second-order valence-corrected chi connectivity index (χ2v) is 8.61. The van der Waals surface area contributed by atoms with E-state index in [4.69, 9.17) is 4.74 Å². The number of fused-ring (bicyclic) bond motifs is 1. The fourth-order valence-electron chi connectivity index (χ4n) is 4.64. The Hall–Kier alpha value is -4.37. The zero-order valence-electron chi connectivity index (χ0n) is 19.9. The number of amides is 1. The fraction of sp³-hybridized carbons (Fsp3) is 0.222. The van der Waals surface area contributed by atoms with Gasteiger partial charge in [0.1, 0.15) is 6.67 Å². The van der Waals surface area contributed by atoms with Crippen LogP contribution in [0.1, 0.15) is 33.4 Å². The number of hydrogen-bond acceptors (Lipinski definition) is 6. The van der Waals surface area contributed by atoms with Crippen LogP contribution in [-0.4, -0.2) is 57.1 Å². The molecule has 0 spiro atoms. The van der Waals surface area contributed by atoms with E-state index >= 15 is 0 Å². The third-order valence-corrected chi connectivity index (χ3v) is 6.30. The number of pyridine rings is 1.